The van der Waals surface area contributed by atoms with Gasteiger partial charge in [-0.2, -0.15) is 0 Å². The van der Waals surface area contributed by atoms with Crippen LogP contribution in [0.1, 0.15) is 19.0 Å². The summed E-state index contributed by atoms with van der Waals surface area (Å²) in [6.45, 7) is 6.61. The molecule has 2 heterocycles. The Kier molecular flexibility index (Phi) is 3.15. The van der Waals surface area contributed by atoms with Gasteiger partial charge in [0, 0.05) is 25.0 Å². The highest BCUT2D eigenvalue weighted by Gasteiger charge is 2.27. The quantitative estimate of drug-likeness (QED) is 0.786. The zero-order valence-corrected chi connectivity index (χ0v) is 9.36. The third-order valence-corrected chi connectivity index (χ3v) is 3.43. The van der Waals surface area contributed by atoms with Gasteiger partial charge in [0.1, 0.15) is 0 Å². The maximum Gasteiger partial charge on any atom is 0.0795 e. The Morgan fingerprint density at radius 2 is 2.64 bits per heavy atom. The van der Waals surface area contributed by atoms with E-state index in [0.717, 1.165) is 31.9 Å². The summed E-state index contributed by atoms with van der Waals surface area (Å²) in [5, 5.41) is 8.98. The number of rotatable bonds is 4. The van der Waals surface area contributed by atoms with Crippen LogP contribution in [0.3, 0.4) is 0 Å². The van der Waals surface area contributed by atoms with Crippen molar-refractivity contribution >= 4 is 11.3 Å². The second-order valence-corrected chi connectivity index (χ2v) is 5.04. The zero-order chi connectivity index (χ0) is 9.86. The van der Waals surface area contributed by atoms with Crippen molar-refractivity contribution in [3.05, 3.63) is 16.6 Å². The average Bonchev–Trinajstić information content (AvgIpc) is 2.77. The molecule has 2 N–H and O–H groups in total. The number of hydrogen-bond acceptors (Lipinski definition) is 4. The normalized spacial score (nSPS) is 26.9. The van der Waals surface area contributed by atoms with Crippen molar-refractivity contribution in [2.75, 3.05) is 19.6 Å². The van der Waals surface area contributed by atoms with Crippen LogP contribution in [0.4, 0.5) is 0 Å². The van der Waals surface area contributed by atoms with Gasteiger partial charge in [-0.25, -0.2) is 4.98 Å². The molecular formula is C10H17N3S. The molecule has 2 rings (SSSR count). The molecule has 1 aliphatic heterocycles. The van der Waals surface area contributed by atoms with E-state index in [2.05, 4.69) is 27.9 Å². The smallest absolute Gasteiger partial charge is 0.0795 e. The second-order valence-electron chi connectivity index (χ2n) is 4.32. The van der Waals surface area contributed by atoms with Gasteiger partial charge < -0.3 is 10.6 Å². The van der Waals surface area contributed by atoms with Gasteiger partial charge in [0.15, 0.2) is 0 Å². The number of nitrogens with one attached hydrogen (secondary N) is 2. The van der Waals surface area contributed by atoms with E-state index in [9.17, 15) is 0 Å². The summed E-state index contributed by atoms with van der Waals surface area (Å²) in [6.07, 6.45) is 1.27. The molecule has 0 saturated carbocycles. The fourth-order valence-electron chi connectivity index (χ4n) is 1.84. The first-order valence-corrected chi connectivity index (χ1v) is 6.01. The van der Waals surface area contributed by atoms with Crippen molar-refractivity contribution in [2.24, 2.45) is 5.41 Å². The molecule has 1 aromatic rings. The molecule has 4 heteroatoms. The van der Waals surface area contributed by atoms with E-state index in [1.807, 2.05) is 5.51 Å². The Bertz CT molecular complexity index is 265. The molecule has 1 aromatic heterocycles. The molecule has 1 unspecified atom stereocenters. The maximum absolute atomic E-state index is 4.24. The Morgan fingerprint density at radius 3 is 3.29 bits per heavy atom. The fraction of sp³-hybridized carbons (Fsp3) is 0.700. The van der Waals surface area contributed by atoms with Crippen LogP contribution in [0.2, 0.25) is 0 Å². The van der Waals surface area contributed by atoms with Gasteiger partial charge in [-0.1, -0.05) is 6.92 Å². The van der Waals surface area contributed by atoms with Gasteiger partial charge in [0.25, 0.3) is 0 Å². The van der Waals surface area contributed by atoms with Crippen LogP contribution in [0.15, 0.2) is 10.9 Å². The van der Waals surface area contributed by atoms with E-state index in [-0.39, 0.29) is 0 Å². The minimum Gasteiger partial charge on any atom is -0.316 e. The lowest BCUT2D eigenvalue weighted by Crippen LogP contribution is -2.33. The lowest BCUT2D eigenvalue weighted by molar-refractivity contribution is 0.338. The molecule has 1 saturated heterocycles. The van der Waals surface area contributed by atoms with Crippen molar-refractivity contribution in [3.63, 3.8) is 0 Å². The first-order valence-electron chi connectivity index (χ1n) is 5.07. The minimum absolute atomic E-state index is 0.440. The monoisotopic (exact) mass is 211 g/mol. The first kappa shape index (κ1) is 10.1. The summed E-state index contributed by atoms with van der Waals surface area (Å²) in [5.74, 6) is 0. The van der Waals surface area contributed by atoms with Crippen molar-refractivity contribution in [1.82, 2.24) is 15.6 Å². The Balaban J connectivity index is 1.72. The molecule has 1 atom stereocenters. The van der Waals surface area contributed by atoms with Gasteiger partial charge in [-0.3, -0.25) is 0 Å². The van der Waals surface area contributed by atoms with E-state index in [1.54, 1.807) is 11.3 Å². The maximum atomic E-state index is 4.24. The summed E-state index contributed by atoms with van der Waals surface area (Å²) in [7, 11) is 0. The van der Waals surface area contributed by atoms with Gasteiger partial charge in [-0.15, -0.1) is 11.3 Å². The van der Waals surface area contributed by atoms with Gasteiger partial charge in [-0.05, 0) is 18.4 Å². The van der Waals surface area contributed by atoms with Crippen molar-refractivity contribution < 1.29 is 0 Å². The van der Waals surface area contributed by atoms with Gasteiger partial charge in [0.2, 0.25) is 0 Å². The predicted octanol–water partition coefficient (Wildman–Crippen LogP) is 1.23. The van der Waals surface area contributed by atoms with E-state index >= 15 is 0 Å². The summed E-state index contributed by atoms with van der Waals surface area (Å²) < 4.78 is 0. The SMILES string of the molecule is CC1(CNCc2cscn2)CCNC1. The largest absolute Gasteiger partial charge is 0.316 e. The van der Waals surface area contributed by atoms with E-state index < -0.39 is 0 Å². The summed E-state index contributed by atoms with van der Waals surface area (Å²) >= 11 is 1.66. The highest BCUT2D eigenvalue weighted by Crippen LogP contribution is 2.22. The van der Waals surface area contributed by atoms with Crippen LogP contribution < -0.4 is 10.6 Å². The third kappa shape index (κ3) is 2.53. The lowest BCUT2D eigenvalue weighted by atomic mass is 9.90. The minimum atomic E-state index is 0.440. The number of aromatic nitrogens is 1. The average molecular weight is 211 g/mol. The van der Waals surface area contributed by atoms with Gasteiger partial charge >= 0.3 is 0 Å². The van der Waals surface area contributed by atoms with Crippen LogP contribution in [0.25, 0.3) is 0 Å². The topological polar surface area (TPSA) is 37.0 Å². The molecule has 1 fully saturated rings. The third-order valence-electron chi connectivity index (χ3n) is 2.80. The fourth-order valence-corrected chi connectivity index (χ4v) is 2.40. The molecule has 1 aliphatic rings. The molecule has 0 aromatic carbocycles. The van der Waals surface area contributed by atoms with E-state index in [4.69, 9.17) is 0 Å². The molecule has 14 heavy (non-hydrogen) atoms. The van der Waals surface area contributed by atoms with E-state index in [1.165, 1.54) is 6.42 Å². The van der Waals surface area contributed by atoms with Crippen molar-refractivity contribution in [2.45, 2.75) is 19.9 Å². The van der Waals surface area contributed by atoms with Crippen molar-refractivity contribution in [1.29, 1.82) is 0 Å². The lowest BCUT2D eigenvalue weighted by Gasteiger charge is -2.22. The van der Waals surface area contributed by atoms with E-state index in [0.29, 0.717) is 5.41 Å². The Labute approximate surface area is 88.9 Å². The van der Waals surface area contributed by atoms with Crippen LogP contribution in [-0.4, -0.2) is 24.6 Å². The molecule has 3 nitrogen and oxygen atoms in total. The van der Waals surface area contributed by atoms with Crippen LogP contribution in [0, 0.1) is 5.41 Å². The zero-order valence-electron chi connectivity index (χ0n) is 8.55. The van der Waals surface area contributed by atoms with Gasteiger partial charge in [0.05, 0.1) is 11.2 Å². The predicted molar refractivity (Wildman–Crippen MR) is 59.4 cm³/mol. The standard InChI is InChI=1S/C10H17N3S/c1-10(2-3-11-6-10)7-12-4-9-5-14-8-13-9/h5,8,11-12H,2-4,6-7H2,1H3. The molecular weight excluding hydrogens is 194 g/mol. The Hall–Kier alpha value is -0.450. The number of thiazole rings is 1. The van der Waals surface area contributed by atoms with Crippen LogP contribution >= 0.6 is 11.3 Å². The second kappa shape index (κ2) is 4.38. The van der Waals surface area contributed by atoms with Crippen molar-refractivity contribution in [3.8, 4) is 0 Å². The van der Waals surface area contributed by atoms with Crippen LogP contribution in [0.5, 0.6) is 0 Å². The molecule has 78 valence electrons. The summed E-state index contributed by atoms with van der Waals surface area (Å²) in [5.41, 5.74) is 3.48. The molecule has 0 radical (unpaired) electrons. The highest BCUT2D eigenvalue weighted by atomic mass is 32.1. The molecule has 0 spiro atoms. The molecule has 0 amide bonds. The van der Waals surface area contributed by atoms with Crippen LogP contribution in [-0.2, 0) is 6.54 Å². The Morgan fingerprint density at radius 1 is 1.71 bits per heavy atom. The molecule has 0 aliphatic carbocycles. The number of nitrogens with zero attached hydrogens (tertiary/aromatic N) is 1. The molecule has 0 bridgehead atoms. The first-order chi connectivity index (χ1) is 6.79. The summed E-state index contributed by atoms with van der Waals surface area (Å²) in [4.78, 5) is 4.24. The highest BCUT2D eigenvalue weighted by molar-refractivity contribution is 7.07. The summed E-state index contributed by atoms with van der Waals surface area (Å²) in [6, 6.07) is 0. The number of hydrogen-bond donors (Lipinski definition) is 2.